The molecule has 2 aromatic carbocycles. The van der Waals surface area contributed by atoms with Gasteiger partial charge in [-0.15, -0.1) is 0 Å². The summed E-state index contributed by atoms with van der Waals surface area (Å²) in [5, 5.41) is 0. The van der Waals surface area contributed by atoms with E-state index in [9.17, 15) is 8.42 Å². The van der Waals surface area contributed by atoms with Crippen LogP contribution in [0.5, 0.6) is 0 Å². The highest BCUT2D eigenvalue weighted by atomic mass is 32.2. The van der Waals surface area contributed by atoms with Crippen LogP contribution < -0.4 is 4.72 Å². The number of nitrogens with one attached hydrogen (secondary N) is 1. The van der Waals surface area contributed by atoms with E-state index >= 15 is 0 Å². The van der Waals surface area contributed by atoms with Gasteiger partial charge in [0, 0.05) is 18.9 Å². The quantitative estimate of drug-likeness (QED) is 0.749. The molecule has 0 spiro atoms. The van der Waals surface area contributed by atoms with E-state index in [1.54, 1.807) is 6.20 Å². The molecule has 6 heteroatoms. The van der Waals surface area contributed by atoms with Crippen molar-refractivity contribution in [3.8, 4) is 0 Å². The Hall–Kier alpha value is -2.44. The molecule has 0 saturated carbocycles. The molecule has 1 aromatic heterocycles. The molecule has 124 valence electrons. The van der Waals surface area contributed by atoms with Crippen molar-refractivity contribution in [3.05, 3.63) is 90.0 Å². The minimum atomic E-state index is -3.39. The second-order valence-corrected chi connectivity index (χ2v) is 7.41. The Balaban J connectivity index is 1.98. The molecular weight excluding hydrogens is 322 g/mol. The van der Waals surface area contributed by atoms with Gasteiger partial charge in [-0.1, -0.05) is 60.7 Å². The summed E-state index contributed by atoms with van der Waals surface area (Å²) in [6.07, 6.45) is 4.72. The van der Waals surface area contributed by atoms with E-state index in [-0.39, 0.29) is 0 Å². The largest absolute Gasteiger partial charge is 0.329 e. The average molecular weight is 341 g/mol. The van der Waals surface area contributed by atoms with Crippen LogP contribution in [0.1, 0.15) is 23.0 Å². The van der Waals surface area contributed by atoms with Crippen molar-refractivity contribution < 1.29 is 8.42 Å². The van der Waals surface area contributed by atoms with Gasteiger partial charge in [0.15, 0.2) is 0 Å². The van der Waals surface area contributed by atoms with Gasteiger partial charge in [-0.05, 0) is 11.1 Å². The molecule has 1 unspecified atom stereocenters. The molecule has 1 heterocycles. The summed E-state index contributed by atoms with van der Waals surface area (Å²) in [6.45, 7) is 0.630. The third kappa shape index (κ3) is 4.10. The predicted octanol–water partition coefficient (Wildman–Crippen LogP) is 2.57. The summed E-state index contributed by atoms with van der Waals surface area (Å²) >= 11 is 0. The second kappa shape index (κ2) is 6.98. The highest BCUT2D eigenvalue weighted by Gasteiger charge is 2.22. The van der Waals surface area contributed by atoms with Gasteiger partial charge in [-0.25, -0.2) is 18.1 Å². The van der Waals surface area contributed by atoms with E-state index in [2.05, 4.69) is 9.71 Å². The highest BCUT2D eigenvalue weighted by molar-refractivity contribution is 7.88. The predicted molar refractivity (Wildman–Crippen MR) is 94.0 cm³/mol. The van der Waals surface area contributed by atoms with E-state index in [0.717, 1.165) is 17.4 Å². The van der Waals surface area contributed by atoms with Crippen LogP contribution in [0.2, 0.25) is 0 Å². The van der Waals surface area contributed by atoms with Gasteiger partial charge >= 0.3 is 0 Å². The van der Waals surface area contributed by atoms with Gasteiger partial charge in [0.25, 0.3) is 0 Å². The van der Waals surface area contributed by atoms with E-state index < -0.39 is 16.1 Å². The highest BCUT2D eigenvalue weighted by Crippen LogP contribution is 2.22. The fraction of sp³-hybridized carbons (Fsp3) is 0.167. The van der Waals surface area contributed by atoms with Crippen molar-refractivity contribution >= 4 is 10.0 Å². The molecule has 0 amide bonds. The Morgan fingerprint density at radius 1 is 1.04 bits per heavy atom. The first-order chi connectivity index (χ1) is 11.5. The first-order valence-electron chi connectivity index (χ1n) is 7.60. The van der Waals surface area contributed by atoms with Crippen LogP contribution in [0.3, 0.4) is 0 Å². The summed E-state index contributed by atoms with van der Waals surface area (Å²) in [7, 11) is -3.39. The molecule has 3 rings (SSSR count). The van der Waals surface area contributed by atoms with Gasteiger partial charge in [0.2, 0.25) is 10.0 Å². The van der Waals surface area contributed by atoms with Crippen LogP contribution in [0.25, 0.3) is 0 Å². The molecule has 0 aliphatic rings. The van der Waals surface area contributed by atoms with Crippen molar-refractivity contribution in [2.75, 3.05) is 6.26 Å². The molecule has 1 atom stereocenters. The number of nitrogens with zero attached hydrogens (tertiary/aromatic N) is 2. The molecule has 24 heavy (non-hydrogen) atoms. The SMILES string of the molecule is CS(=O)(=O)NC(c1ccccc1)c1nccn1Cc1ccccc1. The Morgan fingerprint density at radius 3 is 2.29 bits per heavy atom. The Morgan fingerprint density at radius 2 is 1.67 bits per heavy atom. The molecule has 0 fully saturated rings. The molecule has 0 bridgehead atoms. The zero-order valence-electron chi connectivity index (χ0n) is 13.3. The molecule has 1 N–H and O–H groups in total. The number of rotatable bonds is 6. The fourth-order valence-corrected chi connectivity index (χ4v) is 3.29. The smallest absolute Gasteiger partial charge is 0.209 e. The number of imidazole rings is 1. The summed E-state index contributed by atoms with van der Waals surface area (Å²) in [5.74, 6) is 0.662. The number of hydrogen-bond donors (Lipinski definition) is 1. The third-order valence-electron chi connectivity index (χ3n) is 3.67. The molecule has 0 aliphatic carbocycles. The van der Waals surface area contributed by atoms with Crippen LogP contribution in [0, 0.1) is 0 Å². The van der Waals surface area contributed by atoms with E-state index in [1.165, 1.54) is 0 Å². The maximum atomic E-state index is 11.8. The molecule has 0 saturated heterocycles. The van der Waals surface area contributed by atoms with Gasteiger partial charge in [-0.2, -0.15) is 0 Å². The zero-order chi connectivity index (χ0) is 17.0. The van der Waals surface area contributed by atoms with E-state index in [0.29, 0.717) is 12.4 Å². The summed E-state index contributed by atoms with van der Waals surface area (Å²) < 4.78 is 28.3. The first-order valence-corrected chi connectivity index (χ1v) is 9.49. The topological polar surface area (TPSA) is 64.0 Å². The van der Waals surface area contributed by atoms with Crippen molar-refractivity contribution in [2.45, 2.75) is 12.6 Å². The lowest BCUT2D eigenvalue weighted by atomic mass is 10.1. The van der Waals surface area contributed by atoms with Gasteiger partial charge in [0.05, 0.1) is 6.26 Å². The Bertz CT molecular complexity index is 890. The van der Waals surface area contributed by atoms with Crippen LogP contribution >= 0.6 is 0 Å². The van der Waals surface area contributed by atoms with Crippen molar-refractivity contribution in [3.63, 3.8) is 0 Å². The Labute approximate surface area is 142 Å². The van der Waals surface area contributed by atoms with Crippen LogP contribution in [0.15, 0.2) is 73.1 Å². The normalized spacial score (nSPS) is 12.9. The Kier molecular flexibility index (Phi) is 4.78. The molecular formula is C18H19N3O2S. The number of benzene rings is 2. The molecule has 5 nitrogen and oxygen atoms in total. The monoisotopic (exact) mass is 341 g/mol. The van der Waals surface area contributed by atoms with Gasteiger partial charge in [0.1, 0.15) is 11.9 Å². The van der Waals surface area contributed by atoms with Crippen molar-refractivity contribution in [1.82, 2.24) is 14.3 Å². The van der Waals surface area contributed by atoms with E-state index in [4.69, 9.17) is 0 Å². The number of hydrogen-bond acceptors (Lipinski definition) is 3. The molecule has 3 aromatic rings. The van der Waals surface area contributed by atoms with Crippen molar-refractivity contribution in [2.24, 2.45) is 0 Å². The van der Waals surface area contributed by atoms with Crippen molar-refractivity contribution in [1.29, 1.82) is 0 Å². The zero-order valence-corrected chi connectivity index (χ0v) is 14.1. The number of sulfonamides is 1. The summed E-state index contributed by atoms with van der Waals surface area (Å²) in [4.78, 5) is 4.41. The van der Waals surface area contributed by atoms with Crippen LogP contribution in [0.4, 0.5) is 0 Å². The summed E-state index contributed by atoms with van der Waals surface area (Å²) in [5.41, 5.74) is 1.98. The van der Waals surface area contributed by atoms with Gasteiger partial charge in [-0.3, -0.25) is 0 Å². The average Bonchev–Trinajstić information content (AvgIpc) is 3.01. The summed E-state index contributed by atoms with van der Waals surface area (Å²) in [6, 6.07) is 18.9. The van der Waals surface area contributed by atoms with Crippen LogP contribution in [-0.4, -0.2) is 24.2 Å². The lowest BCUT2D eigenvalue weighted by Gasteiger charge is -2.19. The lowest BCUT2D eigenvalue weighted by Crippen LogP contribution is -2.30. The standard InChI is InChI=1S/C18H19N3O2S/c1-24(22,23)20-17(16-10-6-3-7-11-16)18-19-12-13-21(18)14-15-8-4-2-5-9-15/h2-13,17,20H,14H2,1H3. The maximum Gasteiger partial charge on any atom is 0.209 e. The fourth-order valence-electron chi connectivity index (χ4n) is 2.62. The molecule has 0 radical (unpaired) electrons. The number of aromatic nitrogens is 2. The second-order valence-electron chi connectivity index (χ2n) is 5.63. The van der Waals surface area contributed by atoms with Gasteiger partial charge < -0.3 is 4.57 Å². The maximum absolute atomic E-state index is 11.8. The van der Waals surface area contributed by atoms with Crippen LogP contribution in [-0.2, 0) is 16.6 Å². The third-order valence-corrected chi connectivity index (χ3v) is 4.33. The minimum Gasteiger partial charge on any atom is -0.329 e. The van der Waals surface area contributed by atoms with E-state index in [1.807, 2.05) is 71.4 Å². The molecule has 0 aliphatic heterocycles. The lowest BCUT2D eigenvalue weighted by molar-refractivity contribution is 0.565. The first kappa shape index (κ1) is 16.4. The minimum absolute atomic E-state index is 0.528.